The molecule has 0 aliphatic heterocycles. The number of aryl methyl sites for hydroxylation is 2. The zero-order chi connectivity index (χ0) is 20.8. The summed E-state index contributed by atoms with van der Waals surface area (Å²) in [6.07, 6.45) is 0. The monoisotopic (exact) mass is 414 g/mol. The number of aromatic nitrogens is 1. The van der Waals surface area contributed by atoms with E-state index < -0.39 is 0 Å². The molecule has 30 heavy (non-hydrogen) atoms. The summed E-state index contributed by atoms with van der Waals surface area (Å²) >= 11 is 1.49. The van der Waals surface area contributed by atoms with E-state index >= 15 is 0 Å². The highest BCUT2D eigenvalue weighted by Gasteiger charge is 2.19. The van der Waals surface area contributed by atoms with E-state index in [9.17, 15) is 9.90 Å². The summed E-state index contributed by atoms with van der Waals surface area (Å²) in [5.41, 5.74) is 4.60. The number of hydrogen-bond donors (Lipinski definition) is 2. The number of phenolic OH excluding ortho intramolecular Hbond substituents is 1. The molecule has 2 heterocycles. The molecule has 0 radical (unpaired) electrons. The van der Waals surface area contributed by atoms with Crippen molar-refractivity contribution in [2.45, 2.75) is 13.8 Å². The van der Waals surface area contributed by atoms with Crippen LogP contribution in [0.5, 0.6) is 5.75 Å². The number of carbonyl (C=O) groups excluding carboxylic acids is 1. The van der Waals surface area contributed by atoms with Crippen LogP contribution in [0.3, 0.4) is 0 Å². The second kappa shape index (κ2) is 7.00. The molecule has 0 saturated carbocycles. The van der Waals surface area contributed by atoms with Gasteiger partial charge in [0, 0.05) is 16.6 Å². The molecule has 5 rings (SSSR count). The molecule has 2 N–H and O–H groups in total. The molecule has 5 aromatic rings. The number of carbonyl (C=O) groups is 1. The maximum atomic E-state index is 12.9. The molecule has 0 aliphatic carbocycles. The number of aromatic hydroxyl groups is 1. The van der Waals surface area contributed by atoms with E-state index in [1.165, 1.54) is 11.3 Å². The van der Waals surface area contributed by atoms with Crippen molar-refractivity contribution in [3.63, 3.8) is 0 Å². The third-order valence-corrected chi connectivity index (χ3v) is 6.15. The van der Waals surface area contributed by atoms with Crippen molar-refractivity contribution in [3.05, 3.63) is 77.6 Å². The Balaban J connectivity index is 1.49. The molecule has 148 valence electrons. The van der Waals surface area contributed by atoms with Crippen LogP contribution in [0.1, 0.15) is 21.7 Å². The van der Waals surface area contributed by atoms with Gasteiger partial charge in [0.15, 0.2) is 5.76 Å². The number of fused-ring (bicyclic) bond motifs is 2. The molecule has 0 spiro atoms. The first-order valence-electron chi connectivity index (χ1n) is 9.49. The summed E-state index contributed by atoms with van der Waals surface area (Å²) in [4.78, 5) is 17.5. The van der Waals surface area contributed by atoms with Crippen molar-refractivity contribution >= 4 is 44.1 Å². The third kappa shape index (κ3) is 3.11. The smallest absolute Gasteiger partial charge is 0.291 e. The Kier molecular flexibility index (Phi) is 4.29. The van der Waals surface area contributed by atoms with Crippen molar-refractivity contribution in [3.8, 4) is 16.3 Å². The quantitative estimate of drug-likeness (QED) is 0.341. The topological polar surface area (TPSA) is 75.4 Å². The minimum atomic E-state index is -0.331. The van der Waals surface area contributed by atoms with Gasteiger partial charge in [-0.25, -0.2) is 4.98 Å². The molecule has 0 fully saturated rings. The zero-order valence-corrected chi connectivity index (χ0v) is 17.2. The lowest BCUT2D eigenvalue weighted by Crippen LogP contribution is -2.12. The second-order valence-corrected chi connectivity index (χ2v) is 8.26. The summed E-state index contributed by atoms with van der Waals surface area (Å²) in [6.45, 7) is 3.88. The van der Waals surface area contributed by atoms with Gasteiger partial charge in [-0.15, -0.1) is 11.3 Å². The number of hydrogen-bond acceptors (Lipinski definition) is 5. The standard InChI is InChI=1S/C24H18N2O3S/c1-13-7-10-20-16(11-13)14(2)22(29-20)23(28)25-15-8-9-19(27)17(12-15)24-26-18-5-3-4-6-21(18)30-24/h3-12,27H,1-2H3,(H,25,28). The van der Waals surface area contributed by atoms with Crippen molar-refractivity contribution in [1.29, 1.82) is 0 Å². The van der Waals surface area contributed by atoms with E-state index in [2.05, 4.69) is 10.3 Å². The highest BCUT2D eigenvalue weighted by Crippen LogP contribution is 2.37. The van der Waals surface area contributed by atoms with Crippen LogP contribution in [-0.2, 0) is 0 Å². The van der Waals surface area contributed by atoms with Gasteiger partial charge in [-0.2, -0.15) is 0 Å². The molecule has 0 saturated heterocycles. The second-order valence-electron chi connectivity index (χ2n) is 7.23. The van der Waals surface area contributed by atoms with E-state index in [0.29, 0.717) is 21.8 Å². The highest BCUT2D eigenvalue weighted by atomic mass is 32.1. The number of thiazole rings is 1. The Morgan fingerprint density at radius 1 is 1.07 bits per heavy atom. The number of rotatable bonds is 3. The van der Waals surface area contributed by atoms with E-state index in [4.69, 9.17) is 4.42 Å². The fourth-order valence-electron chi connectivity index (χ4n) is 3.51. The number of furan rings is 1. The molecule has 3 aromatic carbocycles. The van der Waals surface area contributed by atoms with E-state index in [0.717, 1.165) is 26.7 Å². The van der Waals surface area contributed by atoms with Gasteiger partial charge in [0.2, 0.25) is 0 Å². The lowest BCUT2D eigenvalue weighted by Gasteiger charge is -2.07. The molecule has 0 aliphatic rings. The van der Waals surface area contributed by atoms with Crippen LogP contribution in [0.4, 0.5) is 5.69 Å². The molecule has 0 unspecified atom stereocenters. The molecule has 0 atom stereocenters. The van der Waals surface area contributed by atoms with Gasteiger partial charge < -0.3 is 14.8 Å². The summed E-state index contributed by atoms with van der Waals surface area (Å²) in [5, 5.41) is 14.9. The van der Waals surface area contributed by atoms with Crippen LogP contribution in [0, 0.1) is 13.8 Å². The summed E-state index contributed by atoms with van der Waals surface area (Å²) < 4.78 is 6.83. The average molecular weight is 414 g/mol. The minimum Gasteiger partial charge on any atom is -0.507 e. The Bertz CT molecular complexity index is 1400. The van der Waals surface area contributed by atoms with Crippen molar-refractivity contribution < 1.29 is 14.3 Å². The van der Waals surface area contributed by atoms with E-state index in [-0.39, 0.29) is 17.4 Å². The molecule has 2 aromatic heterocycles. The summed E-state index contributed by atoms with van der Waals surface area (Å²) in [6, 6.07) is 18.6. The lowest BCUT2D eigenvalue weighted by molar-refractivity contribution is 0.0998. The molecule has 6 heteroatoms. The van der Waals surface area contributed by atoms with Crippen LogP contribution in [-0.4, -0.2) is 16.0 Å². The largest absolute Gasteiger partial charge is 0.507 e. The fourth-order valence-corrected chi connectivity index (χ4v) is 4.50. The van der Waals surface area contributed by atoms with E-state index in [1.807, 2.05) is 56.3 Å². The Labute approximate surface area is 176 Å². The number of nitrogens with one attached hydrogen (secondary N) is 1. The number of nitrogens with zero attached hydrogens (tertiary/aromatic N) is 1. The lowest BCUT2D eigenvalue weighted by atomic mass is 10.1. The van der Waals surface area contributed by atoms with Crippen LogP contribution in [0.15, 0.2) is 65.1 Å². The van der Waals surface area contributed by atoms with Gasteiger partial charge in [0.25, 0.3) is 5.91 Å². The Morgan fingerprint density at radius 3 is 2.73 bits per heavy atom. The van der Waals surface area contributed by atoms with Crippen LogP contribution >= 0.6 is 11.3 Å². The summed E-state index contributed by atoms with van der Waals surface area (Å²) in [5.74, 6) is 0.0648. The molecular formula is C24H18N2O3S. The van der Waals surface area contributed by atoms with Crippen molar-refractivity contribution in [2.75, 3.05) is 5.32 Å². The SMILES string of the molecule is Cc1ccc2oc(C(=O)Nc3ccc(O)c(-c4nc5ccccc5s4)c3)c(C)c2c1. The number of benzene rings is 3. The maximum Gasteiger partial charge on any atom is 0.291 e. The fraction of sp³-hybridized carbons (Fsp3) is 0.0833. The predicted molar refractivity (Wildman–Crippen MR) is 120 cm³/mol. The third-order valence-electron chi connectivity index (χ3n) is 5.08. The first kappa shape index (κ1) is 18.4. The maximum absolute atomic E-state index is 12.9. The van der Waals surface area contributed by atoms with Crippen LogP contribution < -0.4 is 5.32 Å². The molecule has 5 nitrogen and oxygen atoms in total. The molecule has 1 amide bonds. The van der Waals surface area contributed by atoms with Gasteiger partial charge in [-0.3, -0.25) is 4.79 Å². The Hall–Kier alpha value is -3.64. The first-order chi connectivity index (χ1) is 14.5. The first-order valence-corrected chi connectivity index (χ1v) is 10.3. The Morgan fingerprint density at radius 2 is 1.90 bits per heavy atom. The number of anilines is 1. The van der Waals surface area contributed by atoms with Gasteiger partial charge in [-0.05, 0) is 56.3 Å². The van der Waals surface area contributed by atoms with Crippen LogP contribution in [0.25, 0.3) is 31.8 Å². The molecule has 0 bridgehead atoms. The van der Waals surface area contributed by atoms with E-state index in [1.54, 1.807) is 18.2 Å². The predicted octanol–water partition coefficient (Wildman–Crippen LogP) is 6.28. The number of para-hydroxylation sites is 1. The minimum absolute atomic E-state index is 0.113. The normalized spacial score (nSPS) is 11.3. The van der Waals surface area contributed by atoms with Crippen LogP contribution in [0.2, 0.25) is 0 Å². The van der Waals surface area contributed by atoms with Gasteiger partial charge >= 0.3 is 0 Å². The highest BCUT2D eigenvalue weighted by molar-refractivity contribution is 7.21. The van der Waals surface area contributed by atoms with Gasteiger partial charge in [0.05, 0.1) is 15.8 Å². The van der Waals surface area contributed by atoms with Gasteiger partial charge in [-0.1, -0.05) is 23.8 Å². The summed E-state index contributed by atoms with van der Waals surface area (Å²) in [7, 11) is 0. The average Bonchev–Trinajstić information content (AvgIpc) is 3.31. The zero-order valence-electron chi connectivity index (χ0n) is 16.4. The number of phenols is 1. The number of amides is 1. The van der Waals surface area contributed by atoms with Crippen molar-refractivity contribution in [1.82, 2.24) is 4.98 Å². The molecular weight excluding hydrogens is 396 g/mol. The van der Waals surface area contributed by atoms with Crippen molar-refractivity contribution in [2.24, 2.45) is 0 Å². The van der Waals surface area contributed by atoms with Gasteiger partial charge in [0.1, 0.15) is 16.3 Å².